The van der Waals surface area contributed by atoms with Crippen LogP contribution >= 0.6 is 12.2 Å². The topological polar surface area (TPSA) is 72.2 Å². The molecule has 0 aliphatic rings. The minimum Gasteiger partial charge on any atom is -0.393 e. The molecule has 0 amide bonds. The smallest absolute Gasteiger partial charge is 0.240 e. The van der Waals surface area contributed by atoms with Crippen molar-refractivity contribution < 1.29 is 8.42 Å². The maximum Gasteiger partial charge on any atom is 0.240 e. The summed E-state index contributed by atoms with van der Waals surface area (Å²) in [4.78, 5) is 0.573. The van der Waals surface area contributed by atoms with Crippen molar-refractivity contribution in [2.45, 2.75) is 31.6 Å². The van der Waals surface area contributed by atoms with Crippen molar-refractivity contribution in [2.24, 2.45) is 11.7 Å². The van der Waals surface area contributed by atoms with Gasteiger partial charge in [0.25, 0.3) is 0 Å². The molecule has 0 saturated carbocycles. The van der Waals surface area contributed by atoms with Gasteiger partial charge in [0.05, 0.1) is 9.88 Å². The van der Waals surface area contributed by atoms with Gasteiger partial charge >= 0.3 is 0 Å². The summed E-state index contributed by atoms with van der Waals surface area (Å²) in [6, 6.07) is 6.93. The molecule has 1 rings (SSSR count). The molecular weight excluding hydrogens is 280 g/mol. The van der Waals surface area contributed by atoms with E-state index in [9.17, 15) is 8.42 Å². The predicted octanol–water partition coefficient (Wildman–Crippen LogP) is 1.84. The van der Waals surface area contributed by atoms with Crippen LogP contribution in [0.2, 0.25) is 0 Å². The van der Waals surface area contributed by atoms with Crippen LogP contribution in [-0.2, 0) is 16.4 Å². The number of benzene rings is 1. The molecule has 0 radical (unpaired) electrons. The van der Waals surface area contributed by atoms with Gasteiger partial charge in [-0.3, -0.25) is 0 Å². The Bertz CT molecular complexity index is 524. The molecule has 0 aliphatic carbocycles. The first-order valence-electron chi connectivity index (χ1n) is 6.24. The van der Waals surface area contributed by atoms with E-state index in [2.05, 4.69) is 11.6 Å². The lowest BCUT2D eigenvalue weighted by atomic mass is 10.1. The minimum absolute atomic E-state index is 0.163. The molecule has 1 atom stereocenters. The molecule has 0 heterocycles. The van der Waals surface area contributed by atoms with Gasteiger partial charge < -0.3 is 5.73 Å². The molecule has 0 aromatic heterocycles. The SMILES string of the molecule is CCCc1ccc(S(=O)(=O)NCC(C)C(N)=S)cc1. The van der Waals surface area contributed by atoms with Gasteiger partial charge in [-0.05, 0) is 24.1 Å². The molecule has 0 spiro atoms. The Morgan fingerprint density at radius 3 is 2.42 bits per heavy atom. The third-order valence-electron chi connectivity index (χ3n) is 2.84. The number of nitrogens with one attached hydrogen (secondary N) is 1. The van der Waals surface area contributed by atoms with Gasteiger partial charge in [0, 0.05) is 12.5 Å². The molecule has 1 aromatic rings. The summed E-state index contributed by atoms with van der Waals surface area (Å²) in [5, 5.41) is 0. The minimum atomic E-state index is -3.49. The van der Waals surface area contributed by atoms with E-state index in [-0.39, 0.29) is 17.4 Å². The first-order valence-corrected chi connectivity index (χ1v) is 8.14. The van der Waals surface area contributed by atoms with Crippen molar-refractivity contribution in [3.63, 3.8) is 0 Å². The summed E-state index contributed by atoms with van der Waals surface area (Å²) in [5.74, 6) is -0.163. The van der Waals surface area contributed by atoms with Crippen LogP contribution in [0, 0.1) is 5.92 Å². The Morgan fingerprint density at radius 1 is 1.37 bits per heavy atom. The molecule has 19 heavy (non-hydrogen) atoms. The zero-order valence-electron chi connectivity index (χ0n) is 11.2. The number of rotatable bonds is 7. The molecule has 3 N–H and O–H groups in total. The fourth-order valence-electron chi connectivity index (χ4n) is 1.54. The van der Waals surface area contributed by atoms with Crippen LogP contribution in [0.3, 0.4) is 0 Å². The van der Waals surface area contributed by atoms with E-state index in [0.29, 0.717) is 4.99 Å². The van der Waals surface area contributed by atoms with E-state index < -0.39 is 10.0 Å². The summed E-state index contributed by atoms with van der Waals surface area (Å²) in [6.07, 6.45) is 1.99. The van der Waals surface area contributed by atoms with E-state index in [0.717, 1.165) is 18.4 Å². The molecular formula is C13H20N2O2S2. The summed E-state index contributed by atoms with van der Waals surface area (Å²) in [6.45, 7) is 4.09. The van der Waals surface area contributed by atoms with Crippen LogP contribution < -0.4 is 10.5 Å². The van der Waals surface area contributed by atoms with Crippen LogP contribution in [0.25, 0.3) is 0 Å². The Labute approximate surface area is 120 Å². The third kappa shape index (κ3) is 4.89. The van der Waals surface area contributed by atoms with Crippen LogP contribution in [0.1, 0.15) is 25.8 Å². The van der Waals surface area contributed by atoms with Gasteiger partial charge in [-0.2, -0.15) is 0 Å². The number of nitrogens with two attached hydrogens (primary N) is 1. The second kappa shape index (κ2) is 6.98. The van der Waals surface area contributed by atoms with Crippen molar-refractivity contribution in [2.75, 3.05) is 6.54 Å². The van der Waals surface area contributed by atoms with Gasteiger partial charge in [-0.1, -0.05) is 44.6 Å². The van der Waals surface area contributed by atoms with Gasteiger partial charge in [0.15, 0.2) is 0 Å². The van der Waals surface area contributed by atoms with Crippen molar-refractivity contribution >= 4 is 27.2 Å². The fraction of sp³-hybridized carbons (Fsp3) is 0.462. The molecule has 0 saturated heterocycles. The van der Waals surface area contributed by atoms with E-state index >= 15 is 0 Å². The molecule has 6 heteroatoms. The molecule has 106 valence electrons. The number of hydrogen-bond donors (Lipinski definition) is 2. The number of thiocarbonyl (C=S) groups is 1. The quantitative estimate of drug-likeness (QED) is 0.754. The fourth-order valence-corrected chi connectivity index (χ4v) is 2.76. The van der Waals surface area contributed by atoms with Crippen molar-refractivity contribution in [1.29, 1.82) is 0 Å². The normalized spacial score (nSPS) is 13.2. The molecule has 1 aromatic carbocycles. The van der Waals surface area contributed by atoms with Gasteiger partial charge in [-0.15, -0.1) is 0 Å². The Kier molecular flexibility index (Phi) is 5.90. The van der Waals surface area contributed by atoms with Crippen molar-refractivity contribution in [3.8, 4) is 0 Å². The predicted molar refractivity (Wildman–Crippen MR) is 81.6 cm³/mol. The maximum absolute atomic E-state index is 12.0. The van der Waals surface area contributed by atoms with Gasteiger partial charge in [0.1, 0.15) is 0 Å². The molecule has 0 aliphatic heterocycles. The summed E-state index contributed by atoms with van der Waals surface area (Å²) >= 11 is 4.81. The Balaban J connectivity index is 2.74. The summed E-state index contributed by atoms with van der Waals surface area (Å²) in [5.41, 5.74) is 6.59. The highest BCUT2D eigenvalue weighted by molar-refractivity contribution is 7.89. The Hall–Kier alpha value is -0.980. The van der Waals surface area contributed by atoms with Crippen molar-refractivity contribution in [1.82, 2.24) is 4.72 Å². The average molecular weight is 300 g/mol. The second-order valence-electron chi connectivity index (χ2n) is 4.55. The molecule has 0 fully saturated rings. The van der Waals surface area contributed by atoms with Crippen LogP contribution in [-0.4, -0.2) is 20.0 Å². The molecule has 1 unspecified atom stereocenters. The van der Waals surface area contributed by atoms with E-state index in [4.69, 9.17) is 18.0 Å². The second-order valence-corrected chi connectivity index (χ2v) is 6.79. The van der Waals surface area contributed by atoms with E-state index in [1.165, 1.54) is 0 Å². The van der Waals surface area contributed by atoms with Gasteiger partial charge in [0.2, 0.25) is 10.0 Å². The van der Waals surface area contributed by atoms with Gasteiger partial charge in [-0.25, -0.2) is 13.1 Å². The van der Waals surface area contributed by atoms with Crippen LogP contribution in [0.15, 0.2) is 29.2 Å². The first kappa shape index (κ1) is 16.1. The lowest BCUT2D eigenvalue weighted by molar-refractivity contribution is 0.575. The highest BCUT2D eigenvalue weighted by atomic mass is 32.2. The maximum atomic E-state index is 12.0. The number of aryl methyl sites for hydroxylation is 1. The first-order chi connectivity index (χ1) is 8.86. The summed E-state index contributed by atoms with van der Waals surface area (Å²) in [7, 11) is -3.49. The van der Waals surface area contributed by atoms with Crippen LogP contribution in [0.5, 0.6) is 0 Å². The standard InChI is InChI=1S/C13H20N2O2S2/c1-3-4-11-5-7-12(8-6-11)19(16,17)15-9-10(2)13(14)18/h5-8,10,15H,3-4,9H2,1-2H3,(H2,14,18). The number of hydrogen-bond acceptors (Lipinski definition) is 3. The molecule has 4 nitrogen and oxygen atoms in total. The lowest BCUT2D eigenvalue weighted by Crippen LogP contribution is -2.33. The zero-order valence-corrected chi connectivity index (χ0v) is 12.9. The summed E-state index contributed by atoms with van der Waals surface area (Å²) < 4.78 is 26.6. The van der Waals surface area contributed by atoms with E-state index in [1.807, 2.05) is 12.1 Å². The zero-order chi connectivity index (χ0) is 14.5. The van der Waals surface area contributed by atoms with Crippen LogP contribution in [0.4, 0.5) is 0 Å². The number of sulfonamides is 1. The highest BCUT2D eigenvalue weighted by Crippen LogP contribution is 2.12. The van der Waals surface area contributed by atoms with E-state index in [1.54, 1.807) is 19.1 Å². The average Bonchev–Trinajstić information content (AvgIpc) is 2.37. The third-order valence-corrected chi connectivity index (χ3v) is 4.68. The van der Waals surface area contributed by atoms with Crippen molar-refractivity contribution in [3.05, 3.63) is 29.8 Å². The lowest BCUT2D eigenvalue weighted by Gasteiger charge is -2.11. The highest BCUT2D eigenvalue weighted by Gasteiger charge is 2.15. The monoisotopic (exact) mass is 300 g/mol. The Morgan fingerprint density at radius 2 is 1.95 bits per heavy atom. The largest absolute Gasteiger partial charge is 0.393 e. The molecule has 0 bridgehead atoms.